The van der Waals surface area contributed by atoms with E-state index in [1.54, 1.807) is 7.11 Å². The van der Waals surface area contributed by atoms with E-state index in [1.165, 1.54) is 33.7 Å². The van der Waals surface area contributed by atoms with E-state index >= 15 is 0 Å². The molecule has 4 amide bonds. The summed E-state index contributed by atoms with van der Waals surface area (Å²) in [5, 5.41) is 15.5. The molecule has 1 saturated heterocycles. The van der Waals surface area contributed by atoms with E-state index < -0.39 is 28.9 Å². The monoisotopic (exact) mass is 771 g/mol. The molecule has 0 aromatic heterocycles. The number of amides is 4. The largest absolute Gasteiger partial charge is 0.497 e. The number of imide groups is 2. The third-order valence-corrected chi connectivity index (χ3v) is 11.8. The fourth-order valence-corrected chi connectivity index (χ4v) is 8.66. The van der Waals surface area contributed by atoms with Gasteiger partial charge in [-0.15, -0.1) is 6.58 Å². The van der Waals surface area contributed by atoms with Crippen LogP contribution in [0.5, 0.6) is 5.75 Å². The number of anilines is 2. The maximum atomic E-state index is 11.8. The first kappa shape index (κ1) is 43.6. The van der Waals surface area contributed by atoms with Crippen LogP contribution in [-0.4, -0.2) is 87.2 Å². The lowest BCUT2D eigenvalue weighted by atomic mass is 9.71. The molecule has 55 heavy (non-hydrogen) atoms. The summed E-state index contributed by atoms with van der Waals surface area (Å²) in [7, 11) is 10.1. The molecule has 11 heteroatoms. The van der Waals surface area contributed by atoms with Crippen LogP contribution in [0, 0.1) is 17.3 Å². The van der Waals surface area contributed by atoms with Gasteiger partial charge in [-0.2, -0.15) is 0 Å². The van der Waals surface area contributed by atoms with E-state index in [4.69, 9.17) is 4.74 Å². The average molecular weight is 772 g/mol. The van der Waals surface area contributed by atoms with Gasteiger partial charge in [0.05, 0.1) is 24.1 Å². The summed E-state index contributed by atoms with van der Waals surface area (Å²) in [5.74, 6) is 0.220. The highest BCUT2D eigenvalue weighted by Gasteiger charge is 2.49. The summed E-state index contributed by atoms with van der Waals surface area (Å²) < 4.78 is 5.29. The quantitative estimate of drug-likeness (QED) is 0.133. The first-order valence-electron chi connectivity index (χ1n) is 19.2. The number of likely N-dealkylation sites (N-methyl/N-ethyl adjacent to an activating group) is 1. The van der Waals surface area contributed by atoms with Crippen molar-refractivity contribution >= 4 is 41.0 Å². The SMILES string of the molecule is C=CCC1(CC(C)C)C(=O)NC(=O)NC1=O.CC(CN1c2ccccc2Sc2ccccc21)N(C)C.COc1cccc([C@@]2(O)CCCC[C@@H]2CN(C)C)c1. The molecular formula is C44H61N5O5S. The van der Waals surface area contributed by atoms with Crippen LogP contribution in [0.4, 0.5) is 16.2 Å². The lowest BCUT2D eigenvalue weighted by Crippen LogP contribution is -2.62. The second-order valence-electron chi connectivity index (χ2n) is 15.7. The fraction of sp³-hybridized carbons (Fsp3) is 0.477. The van der Waals surface area contributed by atoms with Gasteiger partial charge in [-0.1, -0.05) is 80.9 Å². The van der Waals surface area contributed by atoms with Gasteiger partial charge in [0, 0.05) is 34.8 Å². The Hall–Kier alpha value is -4.16. The van der Waals surface area contributed by atoms with Gasteiger partial charge in [0.15, 0.2) is 0 Å². The molecule has 3 aromatic rings. The summed E-state index contributed by atoms with van der Waals surface area (Å²) >= 11 is 1.87. The van der Waals surface area contributed by atoms with Crippen molar-refractivity contribution in [1.82, 2.24) is 20.4 Å². The molecule has 6 rings (SSSR count). The number of hydrogen-bond acceptors (Lipinski definition) is 9. The molecule has 1 unspecified atom stereocenters. The highest BCUT2D eigenvalue weighted by molar-refractivity contribution is 7.99. The molecule has 2 aliphatic heterocycles. The van der Waals surface area contributed by atoms with Gasteiger partial charge in [0.2, 0.25) is 11.8 Å². The second-order valence-corrected chi connectivity index (χ2v) is 16.8. The topological polar surface area (TPSA) is 114 Å². The predicted octanol–water partition coefficient (Wildman–Crippen LogP) is 7.84. The lowest BCUT2D eigenvalue weighted by molar-refractivity contribution is -0.145. The van der Waals surface area contributed by atoms with E-state index in [2.05, 4.69) is 116 Å². The molecule has 0 spiro atoms. The summed E-state index contributed by atoms with van der Waals surface area (Å²) in [6.07, 6.45) is 6.39. The van der Waals surface area contributed by atoms with Gasteiger partial charge in [0.1, 0.15) is 11.2 Å². The molecule has 2 heterocycles. The Kier molecular flexibility index (Phi) is 15.5. The number of rotatable bonds is 11. The Labute approximate surface area is 332 Å². The number of benzene rings is 3. The van der Waals surface area contributed by atoms with Crippen LogP contribution in [0.1, 0.15) is 64.9 Å². The molecule has 3 atom stereocenters. The first-order valence-corrected chi connectivity index (χ1v) is 20.1. The molecule has 1 saturated carbocycles. The standard InChI is InChI=1S/C17H20N2S.C16H25NO2.C11H16N2O3/c1-13(18(2)3)12-19-14-8-4-6-10-16(14)20-17-11-7-5-9-15(17)19;1-17(2)12-14-7-4-5-10-16(14,18)13-8-6-9-15(11-13)19-3;1-4-5-11(6-7(2)3)8(14)12-10(16)13-9(11)15/h4-11,13H,12H2,1-3H3;6,8-9,11,14,18H,4-5,7,10,12H2,1-3H3;4,7H,1,5-6H2,2-3H3,(H2,12,13,14,15,16)/t;14-,16+;/m.1./s1. The number of fused-ring (bicyclic) bond motifs is 2. The van der Waals surface area contributed by atoms with Gasteiger partial charge in [-0.25, -0.2) is 4.79 Å². The molecule has 3 aliphatic rings. The number of hydrogen-bond donors (Lipinski definition) is 3. The number of para-hydroxylation sites is 2. The molecule has 10 nitrogen and oxygen atoms in total. The zero-order valence-electron chi connectivity index (χ0n) is 33.9. The van der Waals surface area contributed by atoms with Crippen LogP contribution in [-0.2, 0) is 15.2 Å². The van der Waals surface area contributed by atoms with E-state index in [-0.39, 0.29) is 12.3 Å². The number of urea groups is 1. The van der Waals surface area contributed by atoms with Gasteiger partial charge < -0.3 is 24.5 Å². The molecule has 1 aliphatic carbocycles. The van der Waals surface area contributed by atoms with E-state index in [9.17, 15) is 19.5 Å². The second kappa shape index (κ2) is 19.6. The number of ether oxygens (including phenoxy) is 1. The van der Waals surface area contributed by atoms with Crippen LogP contribution < -0.4 is 20.3 Å². The maximum absolute atomic E-state index is 11.8. The zero-order chi connectivity index (χ0) is 40.3. The van der Waals surface area contributed by atoms with Gasteiger partial charge in [0.25, 0.3) is 0 Å². The number of barbiturate groups is 1. The van der Waals surface area contributed by atoms with Crippen molar-refractivity contribution in [2.75, 3.05) is 53.3 Å². The van der Waals surface area contributed by atoms with Crippen molar-refractivity contribution < 1.29 is 24.2 Å². The Morgan fingerprint density at radius 3 is 2.05 bits per heavy atom. The Morgan fingerprint density at radius 1 is 0.927 bits per heavy atom. The summed E-state index contributed by atoms with van der Waals surface area (Å²) in [5.41, 5.74) is 1.74. The molecule has 298 valence electrons. The maximum Gasteiger partial charge on any atom is 0.328 e. The number of allylic oxidation sites excluding steroid dienone is 1. The molecule has 0 radical (unpaired) electrons. The Balaban J connectivity index is 0.000000185. The Morgan fingerprint density at radius 2 is 1.53 bits per heavy atom. The third kappa shape index (κ3) is 10.8. The number of methoxy groups -OCH3 is 1. The summed E-state index contributed by atoms with van der Waals surface area (Å²) in [6.45, 7) is 11.6. The molecule has 0 bridgehead atoms. The zero-order valence-corrected chi connectivity index (χ0v) is 34.7. The fourth-order valence-electron chi connectivity index (χ4n) is 7.57. The summed E-state index contributed by atoms with van der Waals surface area (Å²) in [4.78, 5) is 44.2. The average Bonchev–Trinajstić information content (AvgIpc) is 3.15. The van der Waals surface area contributed by atoms with Crippen molar-refractivity contribution in [1.29, 1.82) is 0 Å². The summed E-state index contributed by atoms with van der Waals surface area (Å²) in [6, 6.07) is 25.0. The highest BCUT2D eigenvalue weighted by atomic mass is 32.2. The molecule has 3 aromatic carbocycles. The highest BCUT2D eigenvalue weighted by Crippen LogP contribution is 2.48. The van der Waals surface area contributed by atoms with Gasteiger partial charge in [-0.05, 0) is 109 Å². The van der Waals surface area contributed by atoms with Crippen LogP contribution >= 0.6 is 11.8 Å². The van der Waals surface area contributed by atoms with E-state index in [0.29, 0.717) is 18.4 Å². The molecular weight excluding hydrogens is 711 g/mol. The number of nitrogens with zero attached hydrogens (tertiary/aromatic N) is 3. The minimum absolute atomic E-state index is 0.171. The van der Waals surface area contributed by atoms with E-state index in [0.717, 1.165) is 43.7 Å². The van der Waals surface area contributed by atoms with Crippen molar-refractivity contribution in [3.8, 4) is 5.75 Å². The molecule has 3 N–H and O–H groups in total. The number of aliphatic hydroxyl groups is 1. The van der Waals surface area contributed by atoms with Crippen LogP contribution in [0.3, 0.4) is 0 Å². The van der Waals surface area contributed by atoms with Crippen molar-refractivity contribution in [3.05, 3.63) is 91.0 Å². The smallest absolute Gasteiger partial charge is 0.328 e. The number of nitrogens with one attached hydrogen (secondary N) is 2. The van der Waals surface area contributed by atoms with Crippen LogP contribution in [0.15, 0.2) is 95.2 Å². The lowest BCUT2D eigenvalue weighted by Gasteiger charge is -2.41. The van der Waals surface area contributed by atoms with Crippen molar-refractivity contribution in [2.24, 2.45) is 17.3 Å². The number of carbonyl (C=O) groups excluding carboxylic acids is 3. The van der Waals surface area contributed by atoms with Crippen LogP contribution in [0.25, 0.3) is 0 Å². The van der Waals surface area contributed by atoms with Gasteiger partial charge in [-0.3, -0.25) is 20.2 Å². The third-order valence-electron chi connectivity index (χ3n) is 10.6. The van der Waals surface area contributed by atoms with Crippen molar-refractivity contribution in [3.63, 3.8) is 0 Å². The minimum Gasteiger partial charge on any atom is -0.497 e. The minimum atomic E-state index is -1.19. The normalized spacial score (nSPS) is 20.5. The van der Waals surface area contributed by atoms with Crippen LogP contribution in [0.2, 0.25) is 0 Å². The Bertz CT molecular complexity index is 1710. The predicted molar refractivity (Wildman–Crippen MR) is 223 cm³/mol. The van der Waals surface area contributed by atoms with Crippen molar-refractivity contribution in [2.45, 2.75) is 80.7 Å². The van der Waals surface area contributed by atoms with Gasteiger partial charge >= 0.3 is 6.03 Å². The molecule has 2 fully saturated rings. The van der Waals surface area contributed by atoms with E-state index in [1.807, 2.05) is 49.9 Å². The number of carbonyl (C=O) groups is 3. The first-order chi connectivity index (χ1) is 26.1.